The number of halogens is 1. The molecule has 3 aliphatic rings. The maximum absolute atomic E-state index is 10.7. The molecule has 2 aromatic heterocycles. The first kappa shape index (κ1) is 18.1. The molecule has 2 fully saturated rings. The molecule has 2 aromatic rings. The van der Waals surface area contributed by atoms with E-state index in [0.29, 0.717) is 26.3 Å². The number of nitrogens with zero attached hydrogens (tertiary/aromatic N) is 5. The van der Waals surface area contributed by atoms with Crippen LogP contribution < -0.4 is 4.90 Å². The van der Waals surface area contributed by atoms with Crippen molar-refractivity contribution in [1.82, 2.24) is 19.7 Å². The highest BCUT2D eigenvalue weighted by atomic mass is 127. The predicted octanol–water partition coefficient (Wildman–Crippen LogP) is 2.18. The zero-order valence-electron chi connectivity index (χ0n) is 15.6. The van der Waals surface area contributed by atoms with Gasteiger partial charge in [-0.25, -0.2) is 9.97 Å². The second-order valence-electron chi connectivity index (χ2n) is 7.95. The fourth-order valence-electron chi connectivity index (χ4n) is 4.33. The summed E-state index contributed by atoms with van der Waals surface area (Å²) in [6.45, 7) is 3.90. The molecular formula is C18H22IN5O2S. The van der Waals surface area contributed by atoms with E-state index in [1.54, 1.807) is 11.8 Å². The summed E-state index contributed by atoms with van der Waals surface area (Å²) in [7, 11) is 2.00. The molecule has 0 bridgehead atoms. The Labute approximate surface area is 176 Å². The van der Waals surface area contributed by atoms with Crippen LogP contribution in [-0.4, -0.2) is 63.0 Å². The Bertz CT molecular complexity index is 940. The van der Waals surface area contributed by atoms with Gasteiger partial charge in [0.25, 0.3) is 0 Å². The standard InChI is InChI=1S/C18H22IN5O2S/c1-17(25)8-24(6-7-26-9-17)15-10-12-11(14(19)23(2)22-12)18(4-5-18)13(10)20-16(21-15)27-3/h25H,4-9H2,1-3H3/t17-/m0/s1. The third kappa shape index (κ3) is 2.65. The van der Waals surface area contributed by atoms with Gasteiger partial charge in [0, 0.05) is 24.6 Å². The van der Waals surface area contributed by atoms with Crippen LogP contribution in [-0.2, 0) is 17.2 Å². The highest BCUT2D eigenvalue weighted by Crippen LogP contribution is 2.64. The van der Waals surface area contributed by atoms with Gasteiger partial charge in [0.2, 0.25) is 0 Å². The van der Waals surface area contributed by atoms with Crippen LogP contribution in [0.1, 0.15) is 31.0 Å². The van der Waals surface area contributed by atoms with E-state index in [9.17, 15) is 5.11 Å². The largest absolute Gasteiger partial charge is 0.386 e. The normalized spacial score (nSPS) is 25.4. The zero-order valence-corrected chi connectivity index (χ0v) is 18.6. The highest BCUT2D eigenvalue weighted by molar-refractivity contribution is 14.1. The van der Waals surface area contributed by atoms with Gasteiger partial charge in [-0.1, -0.05) is 11.8 Å². The average Bonchev–Trinajstić information content (AvgIpc) is 3.34. The Morgan fingerprint density at radius 3 is 2.78 bits per heavy atom. The van der Waals surface area contributed by atoms with Crippen LogP contribution in [0.25, 0.3) is 11.3 Å². The summed E-state index contributed by atoms with van der Waals surface area (Å²) in [6.07, 6.45) is 4.23. The van der Waals surface area contributed by atoms with Crippen molar-refractivity contribution < 1.29 is 9.84 Å². The van der Waals surface area contributed by atoms with Gasteiger partial charge in [-0.15, -0.1) is 0 Å². The number of fused-ring (bicyclic) bond motifs is 5. The molecule has 1 spiro atoms. The Kier molecular flexibility index (Phi) is 4.06. The number of rotatable bonds is 2. The number of β-amino-alcohol motifs (C(OH)–C–C–N with tert-alkyl or cyclic N) is 1. The van der Waals surface area contributed by atoms with Crippen molar-refractivity contribution in [3.05, 3.63) is 15.0 Å². The molecule has 1 saturated heterocycles. The van der Waals surface area contributed by atoms with E-state index in [4.69, 9.17) is 19.8 Å². The van der Waals surface area contributed by atoms with E-state index in [1.165, 1.54) is 9.26 Å². The lowest BCUT2D eigenvalue weighted by atomic mass is 10.0. The van der Waals surface area contributed by atoms with Gasteiger partial charge >= 0.3 is 0 Å². The molecule has 1 N–H and O–H groups in total. The molecule has 0 radical (unpaired) electrons. The van der Waals surface area contributed by atoms with Crippen molar-refractivity contribution in [3.63, 3.8) is 0 Å². The van der Waals surface area contributed by atoms with Gasteiger partial charge in [-0.3, -0.25) is 4.68 Å². The molecule has 5 rings (SSSR count). The minimum atomic E-state index is -0.912. The number of ether oxygens (including phenoxy) is 1. The summed E-state index contributed by atoms with van der Waals surface area (Å²) in [4.78, 5) is 12.0. The number of hydrogen-bond acceptors (Lipinski definition) is 7. The monoisotopic (exact) mass is 499 g/mol. The molecule has 0 amide bonds. The van der Waals surface area contributed by atoms with Gasteiger partial charge < -0.3 is 14.7 Å². The molecular weight excluding hydrogens is 477 g/mol. The fraction of sp³-hybridized carbons (Fsp3) is 0.611. The van der Waals surface area contributed by atoms with Crippen molar-refractivity contribution >= 4 is 40.2 Å². The number of aromatic nitrogens is 4. The van der Waals surface area contributed by atoms with E-state index in [2.05, 4.69) is 27.5 Å². The topological polar surface area (TPSA) is 76.3 Å². The second-order valence-corrected chi connectivity index (χ2v) is 9.74. The van der Waals surface area contributed by atoms with E-state index in [1.807, 2.05) is 24.9 Å². The molecule has 2 aliphatic carbocycles. The highest BCUT2D eigenvalue weighted by Gasteiger charge is 2.58. The molecule has 7 nitrogen and oxygen atoms in total. The van der Waals surface area contributed by atoms with Gasteiger partial charge in [-0.2, -0.15) is 5.10 Å². The first-order chi connectivity index (χ1) is 12.9. The fourth-order valence-corrected chi connectivity index (χ4v) is 5.57. The number of hydrogen-bond donors (Lipinski definition) is 1. The lowest BCUT2D eigenvalue weighted by molar-refractivity contribution is -0.0123. The molecule has 0 aromatic carbocycles. The smallest absolute Gasteiger partial charge is 0.189 e. The lowest BCUT2D eigenvalue weighted by Crippen LogP contribution is -2.42. The molecule has 1 aliphatic heterocycles. The number of aliphatic hydroxyl groups is 1. The Morgan fingerprint density at radius 1 is 1.30 bits per heavy atom. The Balaban J connectivity index is 1.73. The average molecular weight is 499 g/mol. The van der Waals surface area contributed by atoms with Crippen molar-refractivity contribution in [1.29, 1.82) is 0 Å². The quantitative estimate of drug-likeness (QED) is 0.386. The van der Waals surface area contributed by atoms with Gasteiger partial charge in [0.15, 0.2) is 5.16 Å². The summed E-state index contributed by atoms with van der Waals surface area (Å²) in [5.74, 6) is 0.884. The van der Waals surface area contributed by atoms with Crippen LogP contribution in [0.15, 0.2) is 5.16 Å². The molecule has 1 atom stereocenters. The summed E-state index contributed by atoms with van der Waals surface area (Å²) in [6, 6.07) is 0. The first-order valence-corrected chi connectivity index (χ1v) is 11.4. The first-order valence-electron chi connectivity index (χ1n) is 9.11. The molecule has 3 heterocycles. The van der Waals surface area contributed by atoms with Crippen LogP contribution in [0.2, 0.25) is 0 Å². The lowest BCUT2D eigenvalue weighted by Gasteiger charge is -2.29. The van der Waals surface area contributed by atoms with Crippen LogP contribution in [0, 0.1) is 3.70 Å². The third-order valence-electron chi connectivity index (χ3n) is 5.70. The van der Waals surface area contributed by atoms with E-state index < -0.39 is 5.60 Å². The van der Waals surface area contributed by atoms with Crippen molar-refractivity contribution in [2.45, 2.75) is 35.9 Å². The van der Waals surface area contributed by atoms with Crippen LogP contribution in [0.5, 0.6) is 0 Å². The maximum Gasteiger partial charge on any atom is 0.189 e. The minimum Gasteiger partial charge on any atom is -0.386 e. The van der Waals surface area contributed by atoms with Crippen molar-refractivity contribution in [2.75, 3.05) is 37.5 Å². The SMILES string of the molecule is CSc1nc(N2CCOC[C@@](C)(O)C2)c2c(n1)C1(CC1)c1c-2nn(C)c1I. The minimum absolute atomic E-state index is 0.00247. The predicted molar refractivity (Wildman–Crippen MR) is 112 cm³/mol. The molecule has 0 unspecified atom stereocenters. The molecule has 9 heteroatoms. The number of anilines is 1. The van der Waals surface area contributed by atoms with Gasteiger partial charge in [0.1, 0.15) is 20.8 Å². The Morgan fingerprint density at radius 2 is 2.07 bits per heavy atom. The Hall–Kier alpha value is -0.910. The van der Waals surface area contributed by atoms with Gasteiger partial charge in [0.05, 0.1) is 31.0 Å². The zero-order chi connectivity index (χ0) is 19.0. The molecule has 1 saturated carbocycles. The number of thioether (sulfide) groups is 1. The third-order valence-corrected chi connectivity index (χ3v) is 7.48. The van der Waals surface area contributed by atoms with Gasteiger partial charge in [-0.05, 0) is 48.6 Å². The second kappa shape index (κ2) is 6.04. The van der Waals surface area contributed by atoms with Crippen molar-refractivity contribution in [2.24, 2.45) is 7.05 Å². The van der Waals surface area contributed by atoms with E-state index in [-0.39, 0.29) is 5.41 Å². The van der Waals surface area contributed by atoms with Crippen molar-refractivity contribution in [3.8, 4) is 11.3 Å². The van der Waals surface area contributed by atoms with E-state index in [0.717, 1.165) is 40.8 Å². The number of aryl methyl sites for hydroxylation is 1. The summed E-state index contributed by atoms with van der Waals surface area (Å²) >= 11 is 3.96. The summed E-state index contributed by atoms with van der Waals surface area (Å²) in [5, 5.41) is 16.3. The van der Waals surface area contributed by atoms with Crippen LogP contribution in [0.3, 0.4) is 0 Å². The molecule has 27 heavy (non-hydrogen) atoms. The maximum atomic E-state index is 10.7. The van der Waals surface area contributed by atoms with Crippen LogP contribution in [0.4, 0.5) is 5.82 Å². The summed E-state index contributed by atoms with van der Waals surface area (Å²) in [5.41, 5.74) is 3.59. The molecule has 144 valence electrons. The van der Waals surface area contributed by atoms with E-state index >= 15 is 0 Å². The van der Waals surface area contributed by atoms with Crippen LogP contribution >= 0.6 is 34.4 Å². The summed E-state index contributed by atoms with van der Waals surface area (Å²) < 4.78 is 8.76.